The molecule has 1 N–H and O–H groups in total. The second-order valence-corrected chi connectivity index (χ2v) is 8.62. The molecule has 1 heteroatoms. The first-order valence-electron chi connectivity index (χ1n) is 9.41. The Morgan fingerprint density at radius 1 is 1.00 bits per heavy atom. The van der Waals surface area contributed by atoms with Gasteiger partial charge in [0.1, 0.15) is 0 Å². The second kappa shape index (κ2) is 6.64. The average molecular weight is 300 g/mol. The first kappa shape index (κ1) is 15.9. The smallest absolute Gasteiger partial charge is 0.0375 e. The summed E-state index contributed by atoms with van der Waals surface area (Å²) in [5.74, 6) is 1.61. The summed E-state index contributed by atoms with van der Waals surface area (Å²) in [6, 6.07) is 7.28. The molecule has 1 nitrogen and oxygen atoms in total. The quantitative estimate of drug-likeness (QED) is 0.691. The van der Waals surface area contributed by atoms with Gasteiger partial charge in [-0.25, -0.2) is 0 Å². The van der Waals surface area contributed by atoms with Crippen LogP contribution in [0.4, 0.5) is 5.69 Å². The third kappa shape index (κ3) is 3.67. The summed E-state index contributed by atoms with van der Waals surface area (Å²) in [4.78, 5) is 0. The van der Waals surface area contributed by atoms with Crippen LogP contribution in [-0.4, -0.2) is 6.54 Å². The van der Waals surface area contributed by atoms with Crippen LogP contribution in [0.5, 0.6) is 0 Å². The molecular formula is C21H33N. The van der Waals surface area contributed by atoms with E-state index in [0.29, 0.717) is 11.3 Å². The molecule has 0 aromatic heterocycles. The highest BCUT2D eigenvalue weighted by molar-refractivity contribution is 5.55. The number of rotatable bonds is 2. The van der Waals surface area contributed by atoms with Crippen molar-refractivity contribution < 1.29 is 0 Å². The van der Waals surface area contributed by atoms with Crippen LogP contribution in [-0.2, 0) is 6.42 Å². The molecule has 1 atom stereocenters. The lowest BCUT2D eigenvalue weighted by atomic mass is 9.73. The maximum Gasteiger partial charge on any atom is 0.0375 e. The van der Waals surface area contributed by atoms with Gasteiger partial charge in [-0.3, -0.25) is 0 Å². The summed E-state index contributed by atoms with van der Waals surface area (Å²) in [5.41, 5.74) is 4.90. The lowest BCUT2D eigenvalue weighted by Gasteiger charge is -2.31. The van der Waals surface area contributed by atoms with Crippen LogP contribution in [0, 0.1) is 11.3 Å². The summed E-state index contributed by atoms with van der Waals surface area (Å²) in [5, 5.41) is 3.66. The van der Waals surface area contributed by atoms with Crippen molar-refractivity contribution in [1.82, 2.24) is 0 Å². The molecule has 22 heavy (non-hydrogen) atoms. The first-order chi connectivity index (χ1) is 10.5. The van der Waals surface area contributed by atoms with E-state index in [0.717, 1.165) is 12.5 Å². The minimum absolute atomic E-state index is 0.351. The van der Waals surface area contributed by atoms with Crippen molar-refractivity contribution in [2.45, 2.75) is 78.1 Å². The van der Waals surface area contributed by atoms with E-state index in [9.17, 15) is 0 Å². The van der Waals surface area contributed by atoms with Gasteiger partial charge in [-0.15, -0.1) is 0 Å². The van der Waals surface area contributed by atoms with Crippen LogP contribution in [0.3, 0.4) is 0 Å². The molecule has 3 rings (SSSR count). The van der Waals surface area contributed by atoms with Crippen molar-refractivity contribution >= 4 is 5.69 Å². The standard InChI is InChI=1S/C21H33N/c1-21(2,3)19-10-7-13-22-20-12-11-17(15-18(19)20)14-16-8-5-4-6-9-16/h11-12,15-16,19,22H,4-10,13-14H2,1-3H3. The maximum atomic E-state index is 3.66. The SMILES string of the molecule is CC(C)(C)C1CCCNc2ccc(CC3CCCCC3)cc21. The largest absolute Gasteiger partial charge is 0.385 e. The van der Waals surface area contributed by atoms with Gasteiger partial charge in [0.15, 0.2) is 0 Å². The van der Waals surface area contributed by atoms with E-state index in [4.69, 9.17) is 0 Å². The first-order valence-corrected chi connectivity index (χ1v) is 9.41. The zero-order valence-electron chi connectivity index (χ0n) is 14.8. The molecule has 122 valence electrons. The summed E-state index contributed by atoms with van der Waals surface area (Å²) in [6.45, 7) is 8.34. The minimum Gasteiger partial charge on any atom is -0.385 e. The fourth-order valence-corrected chi connectivity index (χ4v) is 4.50. The van der Waals surface area contributed by atoms with Crippen LogP contribution in [0.15, 0.2) is 18.2 Å². The second-order valence-electron chi connectivity index (χ2n) is 8.62. The molecule has 2 aliphatic rings. The van der Waals surface area contributed by atoms with Gasteiger partial charge in [-0.1, -0.05) is 65.0 Å². The predicted molar refractivity (Wildman–Crippen MR) is 96.6 cm³/mol. The van der Waals surface area contributed by atoms with Gasteiger partial charge in [-0.05, 0) is 53.7 Å². The molecule has 0 amide bonds. The van der Waals surface area contributed by atoms with Gasteiger partial charge in [-0.2, -0.15) is 0 Å². The number of hydrogen-bond donors (Lipinski definition) is 1. The molecule has 1 saturated carbocycles. The molecule has 1 aliphatic carbocycles. The number of hydrogen-bond acceptors (Lipinski definition) is 1. The van der Waals surface area contributed by atoms with Crippen LogP contribution in [0.1, 0.15) is 82.8 Å². The van der Waals surface area contributed by atoms with Crippen molar-refractivity contribution in [2.24, 2.45) is 11.3 Å². The van der Waals surface area contributed by atoms with Crippen LogP contribution >= 0.6 is 0 Å². The Kier molecular flexibility index (Phi) is 4.80. The fourth-order valence-electron chi connectivity index (χ4n) is 4.50. The maximum absolute atomic E-state index is 3.66. The molecule has 0 bridgehead atoms. The third-order valence-corrected chi connectivity index (χ3v) is 5.77. The molecule has 1 heterocycles. The van der Waals surface area contributed by atoms with Crippen molar-refractivity contribution in [2.75, 3.05) is 11.9 Å². The topological polar surface area (TPSA) is 12.0 Å². The van der Waals surface area contributed by atoms with Crippen molar-refractivity contribution in [1.29, 1.82) is 0 Å². The molecule has 1 unspecified atom stereocenters. The van der Waals surface area contributed by atoms with E-state index in [1.54, 1.807) is 11.1 Å². The minimum atomic E-state index is 0.351. The third-order valence-electron chi connectivity index (χ3n) is 5.77. The molecule has 1 aliphatic heterocycles. The Bertz CT molecular complexity index is 491. The summed E-state index contributed by atoms with van der Waals surface area (Å²) in [7, 11) is 0. The van der Waals surface area contributed by atoms with E-state index in [-0.39, 0.29) is 0 Å². The van der Waals surface area contributed by atoms with Gasteiger partial charge in [0.05, 0.1) is 0 Å². The monoisotopic (exact) mass is 299 g/mol. The summed E-state index contributed by atoms with van der Waals surface area (Å²) < 4.78 is 0. The zero-order chi connectivity index (χ0) is 15.6. The van der Waals surface area contributed by atoms with Crippen molar-refractivity contribution in [3.05, 3.63) is 29.3 Å². The summed E-state index contributed by atoms with van der Waals surface area (Å²) in [6.07, 6.45) is 11.1. The highest BCUT2D eigenvalue weighted by atomic mass is 14.9. The number of benzene rings is 1. The van der Waals surface area contributed by atoms with E-state index >= 15 is 0 Å². The predicted octanol–water partition coefficient (Wildman–Crippen LogP) is 6.14. The molecule has 0 radical (unpaired) electrons. The highest BCUT2D eigenvalue weighted by Crippen LogP contribution is 2.43. The van der Waals surface area contributed by atoms with Crippen LogP contribution in [0.25, 0.3) is 0 Å². The lowest BCUT2D eigenvalue weighted by molar-refractivity contribution is 0.305. The molecule has 0 spiro atoms. The molecule has 0 saturated heterocycles. The Balaban J connectivity index is 1.84. The van der Waals surface area contributed by atoms with E-state index in [1.165, 1.54) is 57.1 Å². The Hall–Kier alpha value is -0.980. The van der Waals surface area contributed by atoms with Gasteiger partial charge in [0.2, 0.25) is 0 Å². The Morgan fingerprint density at radius 2 is 1.77 bits per heavy atom. The Morgan fingerprint density at radius 3 is 2.50 bits per heavy atom. The fraction of sp³-hybridized carbons (Fsp3) is 0.714. The normalized spacial score (nSPS) is 23.5. The number of anilines is 1. The van der Waals surface area contributed by atoms with E-state index in [1.807, 2.05) is 0 Å². The van der Waals surface area contributed by atoms with E-state index < -0.39 is 0 Å². The Labute approximate surface area is 136 Å². The van der Waals surface area contributed by atoms with Gasteiger partial charge in [0.25, 0.3) is 0 Å². The van der Waals surface area contributed by atoms with E-state index in [2.05, 4.69) is 44.3 Å². The van der Waals surface area contributed by atoms with Gasteiger partial charge >= 0.3 is 0 Å². The molecule has 1 fully saturated rings. The van der Waals surface area contributed by atoms with Gasteiger partial charge in [0, 0.05) is 12.2 Å². The number of nitrogens with one attached hydrogen (secondary N) is 1. The van der Waals surface area contributed by atoms with Crippen LogP contribution in [0.2, 0.25) is 0 Å². The highest BCUT2D eigenvalue weighted by Gasteiger charge is 2.29. The van der Waals surface area contributed by atoms with Gasteiger partial charge < -0.3 is 5.32 Å². The molecule has 1 aromatic rings. The summed E-state index contributed by atoms with van der Waals surface area (Å²) >= 11 is 0. The lowest BCUT2D eigenvalue weighted by Crippen LogP contribution is -2.18. The molecular weight excluding hydrogens is 266 g/mol. The number of fused-ring (bicyclic) bond motifs is 1. The van der Waals surface area contributed by atoms with Crippen molar-refractivity contribution in [3.63, 3.8) is 0 Å². The van der Waals surface area contributed by atoms with Crippen LogP contribution < -0.4 is 5.32 Å². The molecule has 1 aromatic carbocycles. The zero-order valence-corrected chi connectivity index (χ0v) is 14.8. The average Bonchev–Trinajstić information content (AvgIpc) is 2.70. The van der Waals surface area contributed by atoms with Crippen molar-refractivity contribution in [3.8, 4) is 0 Å².